The molecule has 0 N–H and O–H groups in total. The van der Waals surface area contributed by atoms with E-state index in [2.05, 4.69) is 30.7 Å². The third-order valence-corrected chi connectivity index (χ3v) is 5.58. The molecule has 6 nitrogen and oxygen atoms in total. The number of ether oxygens (including phenoxy) is 1. The fourth-order valence-corrected chi connectivity index (χ4v) is 3.94. The summed E-state index contributed by atoms with van der Waals surface area (Å²) in [6, 6.07) is 0.112. The van der Waals surface area contributed by atoms with Crippen LogP contribution in [0.15, 0.2) is 12.4 Å². The molecule has 0 aliphatic carbocycles. The smallest absolute Gasteiger partial charge is 0.381 e. The molecule has 0 aromatic carbocycles. The van der Waals surface area contributed by atoms with Crippen molar-refractivity contribution >= 4 is 11.9 Å². The summed E-state index contributed by atoms with van der Waals surface area (Å²) in [5.41, 5.74) is -0.647. The number of halogens is 3. The van der Waals surface area contributed by atoms with Gasteiger partial charge in [0.05, 0.1) is 30.7 Å². The van der Waals surface area contributed by atoms with E-state index in [-0.39, 0.29) is 23.4 Å². The van der Waals surface area contributed by atoms with Gasteiger partial charge in [0.25, 0.3) is 0 Å². The monoisotopic (exact) mass is 414 g/mol. The summed E-state index contributed by atoms with van der Waals surface area (Å²) in [5.74, 6) is 0.369. The highest BCUT2D eigenvalue weighted by atomic mass is 19.4. The van der Waals surface area contributed by atoms with E-state index < -0.39 is 11.7 Å². The Bertz CT molecular complexity index is 703. The van der Waals surface area contributed by atoms with E-state index in [1.165, 1.54) is 0 Å². The summed E-state index contributed by atoms with van der Waals surface area (Å²) in [7, 11) is 0. The van der Waals surface area contributed by atoms with Crippen LogP contribution in [0.2, 0.25) is 0 Å². The zero-order valence-corrected chi connectivity index (χ0v) is 17.2. The second-order valence-electron chi connectivity index (χ2n) is 8.94. The first-order chi connectivity index (χ1) is 13.6. The van der Waals surface area contributed by atoms with Gasteiger partial charge in [-0.15, -0.1) is 0 Å². The van der Waals surface area contributed by atoms with Crippen molar-refractivity contribution in [2.45, 2.75) is 64.7 Å². The van der Waals surface area contributed by atoms with E-state index in [0.717, 1.165) is 31.7 Å². The molecule has 29 heavy (non-hydrogen) atoms. The SMILES string of the molecule is CC(C)(C)CCOCCC(=O)N1CC[C@@H]2[C@H]1CCN2c1ncc(C(F)(F)F)cn1. The Balaban J connectivity index is 1.51. The predicted octanol–water partition coefficient (Wildman–Crippen LogP) is 3.52. The van der Waals surface area contributed by atoms with Crippen molar-refractivity contribution in [3.63, 3.8) is 0 Å². The molecule has 9 heteroatoms. The molecule has 1 amide bonds. The molecule has 3 rings (SSSR count). The average molecular weight is 414 g/mol. The Morgan fingerprint density at radius 3 is 2.38 bits per heavy atom. The van der Waals surface area contributed by atoms with Crippen LogP contribution in [0.25, 0.3) is 0 Å². The number of nitrogens with zero attached hydrogens (tertiary/aromatic N) is 4. The van der Waals surface area contributed by atoms with Crippen molar-refractivity contribution < 1.29 is 22.7 Å². The van der Waals surface area contributed by atoms with Gasteiger partial charge in [0.15, 0.2) is 0 Å². The first kappa shape index (κ1) is 21.8. The van der Waals surface area contributed by atoms with Gasteiger partial charge >= 0.3 is 6.18 Å². The van der Waals surface area contributed by atoms with E-state index in [1.807, 2.05) is 9.80 Å². The molecule has 1 aromatic heterocycles. The highest BCUT2D eigenvalue weighted by Gasteiger charge is 2.45. The molecule has 2 aliphatic heterocycles. The Labute approximate surface area is 169 Å². The van der Waals surface area contributed by atoms with Crippen LogP contribution in [-0.2, 0) is 15.7 Å². The van der Waals surface area contributed by atoms with Crippen LogP contribution in [-0.4, -0.2) is 59.2 Å². The molecule has 1 aromatic rings. The Morgan fingerprint density at radius 2 is 1.76 bits per heavy atom. The number of likely N-dealkylation sites (tertiary alicyclic amines) is 1. The lowest BCUT2D eigenvalue weighted by molar-refractivity contribution is -0.138. The minimum atomic E-state index is -4.45. The summed E-state index contributed by atoms with van der Waals surface area (Å²) in [5, 5.41) is 0. The number of hydrogen-bond donors (Lipinski definition) is 0. The van der Waals surface area contributed by atoms with Crippen molar-refractivity contribution in [1.29, 1.82) is 0 Å². The van der Waals surface area contributed by atoms with E-state index in [1.54, 1.807) is 0 Å². The molecule has 2 fully saturated rings. The second-order valence-corrected chi connectivity index (χ2v) is 8.94. The second kappa shape index (κ2) is 8.45. The van der Waals surface area contributed by atoms with Gasteiger partial charge in [0.1, 0.15) is 0 Å². The Morgan fingerprint density at radius 1 is 1.10 bits per heavy atom. The molecule has 0 saturated carbocycles. The molecule has 162 valence electrons. The van der Waals surface area contributed by atoms with Crippen LogP contribution in [0.4, 0.5) is 19.1 Å². The maximum Gasteiger partial charge on any atom is 0.419 e. The molecule has 3 heterocycles. The number of carbonyl (C=O) groups is 1. The third-order valence-electron chi connectivity index (χ3n) is 5.58. The normalized spacial score (nSPS) is 22.3. The molecule has 0 radical (unpaired) electrons. The molecule has 2 aliphatic rings. The zero-order valence-electron chi connectivity index (χ0n) is 17.2. The largest absolute Gasteiger partial charge is 0.419 e. The van der Waals surface area contributed by atoms with Crippen LogP contribution in [0.1, 0.15) is 52.0 Å². The number of carbonyl (C=O) groups excluding carboxylic acids is 1. The number of anilines is 1. The van der Waals surface area contributed by atoms with Crippen molar-refractivity contribution in [2.75, 3.05) is 31.2 Å². The molecule has 0 bridgehead atoms. The molecular weight excluding hydrogens is 385 g/mol. The Kier molecular flexibility index (Phi) is 6.36. The summed E-state index contributed by atoms with van der Waals surface area (Å²) in [6.07, 6.45) is 0.0295. The first-order valence-corrected chi connectivity index (χ1v) is 10.1. The lowest BCUT2D eigenvalue weighted by atomic mass is 9.93. The fraction of sp³-hybridized carbons (Fsp3) is 0.750. The van der Waals surface area contributed by atoms with E-state index in [4.69, 9.17) is 4.74 Å². The molecule has 2 saturated heterocycles. The number of aromatic nitrogens is 2. The molecule has 0 unspecified atom stereocenters. The van der Waals surface area contributed by atoms with Crippen molar-refractivity contribution in [1.82, 2.24) is 14.9 Å². The fourth-order valence-electron chi connectivity index (χ4n) is 3.94. The van der Waals surface area contributed by atoms with Gasteiger partial charge in [0.2, 0.25) is 11.9 Å². The van der Waals surface area contributed by atoms with Crippen LogP contribution < -0.4 is 4.90 Å². The summed E-state index contributed by atoms with van der Waals surface area (Å²) in [4.78, 5) is 24.3. The lowest BCUT2D eigenvalue weighted by Gasteiger charge is -2.26. The third kappa shape index (κ3) is 5.38. The van der Waals surface area contributed by atoms with Crippen molar-refractivity contribution in [3.05, 3.63) is 18.0 Å². The number of amides is 1. The van der Waals surface area contributed by atoms with Gasteiger partial charge in [-0.05, 0) is 24.7 Å². The lowest BCUT2D eigenvalue weighted by Crippen LogP contribution is -2.40. The average Bonchev–Trinajstić information content (AvgIpc) is 3.21. The van der Waals surface area contributed by atoms with E-state index in [0.29, 0.717) is 38.7 Å². The Hall–Kier alpha value is -1.90. The van der Waals surface area contributed by atoms with Crippen LogP contribution in [0.3, 0.4) is 0 Å². The van der Waals surface area contributed by atoms with Gasteiger partial charge < -0.3 is 14.5 Å². The van der Waals surface area contributed by atoms with Gasteiger partial charge in [-0.1, -0.05) is 20.8 Å². The van der Waals surface area contributed by atoms with Crippen molar-refractivity contribution in [3.8, 4) is 0 Å². The minimum absolute atomic E-state index is 0.0532. The number of hydrogen-bond acceptors (Lipinski definition) is 5. The van der Waals surface area contributed by atoms with Gasteiger partial charge in [-0.2, -0.15) is 13.2 Å². The molecule has 2 atom stereocenters. The van der Waals surface area contributed by atoms with Crippen LogP contribution >= 0.6 is 0 Å². The van der Waals surface area contributed by atoms with E-state index in [9.17, 15) is 18.0 Å². The minimum Gasteiger partial charge on any atom is -0.381 e. The van der Waals surface area contributed by atoms with E-state index >= 15 is 0 Å². The number of alkyl halides is 3. The number of rotatable bonds is 6. The highest BCUT2D eigenvalue weighted by molar-refractivity contribution is 5.77. The maximum absolute atomic E-state index is 12.7. The van der Waals surface area contributed by atoms with Gasteiger partial charge in [0, 0.05) is 32.1 Å². The topological polar surface area (TPSA) is 58.6 Å². The first-order valence-electron chi connectivity index (χ1n) is 10.1. The highest BCUT2D eigenvalue weighted by Crippen LogP contribution is 2.35. The summed E-state index contributed by atoms with van der Waals surface area (Å²) >= 11 is 0. The van der Waals surface area contributed by atoms with Crippen molar-refractivity contribution in [2.24, 2.45) is 5.41 Å². The summed E-state index contributed by atoms with van der Waals surface area (Å²) < 4.78 is 43.7. The standard InChI is InChI=1S/C20H29F3N4O2/c1-19(2,3)7-11-29-10-6-17(28)26-8-4-16-15(26)5-9-27(16)18-24-12-14(13-25-18)20(21,22)23/h12-13,15-16H,4-11H2,1-3H3/t15-,16-/m1/s1. The van der Waals surface area contributed by atoms with Gasteiger partial charge in [-0.3, -0.25) is 4.79 Å². The molecule has 0 spiro atoms. The quantitative estimate of drug-likeness (QED) is 0.667. The number of fused-ring (bicyclic) bond motifs is 1. The maximum atomic E-state index is 12.7. The predicted molar refractivity (Wildman–Crippen MR) is 102 cm³/mol. The zero-order chi connectivity index (χ0) is 21.2. The van der Waals surface area contributed by atoms with Crippen LogP contribution in [0.5, 0.6) is 0 Å². The van der Waals surface area contributed by atoms with Crippen LogP contribution in [0, 0.1) is 5.41 Å². The summed E-state index contributed by atoms with van der Waals surface area (Å²) in [6.45, 7) is 8.78. The molecular formula is C20H29F3N4O2. The van der Waals surface area contributed by atoms with Gasteiger partial charge in [-0.25, -0.2) is 9.97 Å².